The van der Waals surface area contributed by atoms with E-state index in [-0.39, 0.29) is 11.6 Å². The van der Waals surface area contributed by atoms with E-state index in [0.717, 1.165) is 41.6 Å². The zero-order chi connectivity index (χ0) is 13.6. The van der Waals surface area contributed by atoms with Crippen molar-refractivity contribution in [3.63, 3.8) is 0 Å². The fourth-order valence-electron chi connectivity index (χ4n) is 3.36. The molecular formula is C15H21BrN2O. The number of hydrogen-bond acceptors (Lipinski definition) is 3. The molecule has 0 aromatic heterocycles. The van der Waals surface area contributed by atoms with E-state index in [1.54, 1.807) is 0 Å². The minimum absolute atomic E-state index is 0.0633. The Balaban J connectivity index is 1.90. The Morgan fingerprint density at radius 3 is 2.95 bits per heavy atom. The molecule has 1 aromatic carbocycles. The predicted molar refractivity (Wildman–Crippen MR) is 80.4 cm³/mol. The molecule has 1 saturated heterocycles. The summed E-state index contributed by atoms with van der Waals surface area (Å²) in [7, 11) is 2.19. The predicted octanol–water partition coefficient (Wildman–Crippen LogP) is 3.08. The highest BCUT2D eigenvalue weighted by molar-refractivity contribution is 9.10. The van der Waals surface area contributed by atoms with Gasteiger partial charge in [0.1, 0.15) is 11.4 Å². The standard InChI is InChI=1S/C15H21BrN2O/c1-10-8-15(5-6-18(10)2)9-13(17)12-7-11(16)3-4-14(12)19-15/h3-4,7,10,13H,5-6,8-9,17H2,1-2H3. The van der Waals surface area contributed by atoms with Gasteiger partial charge in [0.2, 0.25) is 0 Å². The summed E-state index contributed by atoms with van der Waals surface area (Å²) in [6.07, 6.45) is 3.05. The average Bonchev–Trinajstić information content (AvgIpc) is 2.36. The van der Waals surface area contributed by atoms with Gasteiger partial charge in [0.15, 0.2) is 0 Å². The van der Waals surface area contributed by atoms with Gasteiger partial charge in [-0.2, -0.15) is 0 Å². The molecule has 2 heterocycles. The molecule has 3 unspecified atom stereocenters. The molecule has 3 rings (SSSR count). The summed E-state index contributed by atoms with van der Waals surface area (Å²) in [5, 5.41) is 0. The normalized spacial score (nSPS) is 34.9. The fraction of sp³-hybridized carbons (Fsp3) is 0.600. The summed E-state index contributed by atoms with van der Waals surface area (Å²) in [5.74, 6) is 0.971. The van der Waals surface area contributed by atoms with Gasteiger partial charge in [0.05, 0.1) is 0 Å². The molecule has 1 aromatic rings. The van der Waals surface area contributed by atoms with Crippen molar-refractivity contribution in [3.05, 3.63) is 28.2 Å². The lowest BCUT2D eigenvalue weighted by Crippen LogP contribution is -2.53. The molecular weight excluding hydrogens is 304 g/mol. The Bertz CT molecular complexity index is 493. The molecule has 2 N–H and O–H groups in total. The largest absolute Gasteiger partial charge is 0.487 e. The van der Waals surface area contributed by atoms with Gasteiger partial charge in [-0.05, 0) is 38.6 Å². The Morgan fingerprint density at radius 2 is 2.21 bits per heavy atom. The van der Waals surface area contributed by atoms with Crippen LogP contribution in [0, 0.1) is 0 Å². The van der Waals surface area contributed by atoms with E-state index in [2.05, 4.69) is 40.9 Å². The number of likely N-dealkylation sites (tertiary alicyclic amines) is 1. The number of ether oxygens (including phenoxy) is 1. The van der Waals surface area contributed by atoms with Crippen LogP contribution in [0.3, 0.4) is 0 Å². The number of hydrogen-bond donors (Lipinski definition) is 1. The monoisotopic (exact) mass is 324 g/mol. The van der Waals surface area contributed by atoms with Crippen molar-refractivity contribution in [1.29, 1.82) is 0 Å². The van der Waals surface area contributed by atoms with E-state index < -0.39 is 0 Å². The fourth-order valence-corrected chi connectivity index (χ4v) is 3.74. The number of nitrogens with two attached hydrogens (primary N) is 1. The van der Waals surface area contributed by atoms with Crippen LogP contribution in [0.15, 0.2) is 22.7 Å². The lowest BCUT2D eigenvalue weighted by Gasteiger charge is -2.48. The van der Waals surface area contributed by atoms with Crippen molar-refractivity contribution in [2.45, 2.75) is 43.9 Å². The molecule has 4 heteroatoms. The van der Waals surface area contributed by atoms with Crippen LogP contribution in [0.1, 0.15) is 37.8 Å². The van der Waals surface area contributed by atoms with Crippen molar-refractivity contribution >= 4 is 15.9 Å². The van der Waals surface area contributed by atoms with Crippen LogP contribution in [-0.2, 0) is 0 Å². The third-order valence-electron chi connectivity index (χ3n) is 4.63. The molecule has 19 heavy (non-hydrogen) atoms. The average molecular weight is 325 g/mol. The summed E-state index contributed by atoms with van der Waals surface area (Å²) in [4.78, 5) is 2.40. The number of rotatable bonds is 0. The molecule has 2 aliphatic rings. The van der Waals surface area contributed by atoms with Crippen LogP contribution in [0.4, 0.5) is 0 Å². The number of nitrogens with zero attached hydrogens (tertiary/aromatic N) is 1. The summed E-state index contributed by atoms with van der Waals surface area (Å²) in [6, 6.07) is 6.80. The van der Waals surface area contributed by atoms with Crippen LogP contribution < -0.4 is 10.5 Å². The zero-order valence-electron chi connectivity index (χ0n) is 11.5. The maximum absolute atomic E-state index is 6.39. The Hall–Kier alpha value is -0.580. The van der Waals surface area contributed by atoms with Gasteiger partial charge in [-0.1, -0.05) is 15.9 Å². The van der Waals surface area contributed by atoms with Gasteiger partial charge in [-0.25, -0.2) is 0 Å². The van der Waals surface area contributed by atoms with Crippen molar-refractivity contribution in [2.24, 2.45) is 5.73 Å². The van der Waals surface area contributed by atoms with Crippen LogP contribution in [-0.4, -0.2) is 30.1 Å². The second-order valence-corrected chi connectivity index (χ2v) is 6.98. The number of piperidine rings is 1. The molecule has 0 amide bonds. The third-order valence-corrected chi connectivity index (χ3v) is 5.12. The molecule has 1 spiro atoms. The highest BCUT2D eigenvalue weighted by Crippen LogP contribution is 2.44. The minimum Gasteiger partial charge on any atom is -0.487 e. The van der Waals surface area contributed by atoms with Crippen LogP contribution >= 0.6 is 15.9 Å². The second-order valence-electron chi connectivity index (χ2n) is 6.06. The molecule has 0 bridgehead atoms. The number of halogens is 1. The molecule has 104 valence electrons. The minimum atomic E-state index is -0.0633. The van der Waals surface area contributed by atoms with E-state index in [1.165, 1.54) is 0 Å². The third kappa shape index (κ3) is 2.41. The van der Waals surface area contributed by atoms with Gasteiger partial charge in [-0.15, -0.1) is 0 Å². The van der Waals surface area contributed by atoms with E-state index >= 15 is 0 Å². The molecule has 3 atom stereocenters. The van der Waals surface area contributed by atoms with Crippen molar-refractivity contribution in [3.8, 4) is 5.75 Å². The lowest BCUT2D eigenvalue weighted by atomic mass is 9.78. The highest BCUT2D eigenvalue weighted by Gasteiger charge is 2.43. The highest BCUT2D eigenvalue weighted by atomic mass is 79.9. The maximum Gasteiger partial charge on any atom is 0.124 e. The van der Waals surface area contributed by atoms with Gasteiger partial charge < -0.3 is 15.4 Å². The topological polar surface area (TPSA) is 38.5 Å². The van der Waals surface area contributed by atoms with Crippen molar-refractivity contribution < 1.29 is 4.74 Å². The molecule has 3 nitrogen and oxygen atoms in total. The first-order valence-electron chi connectivity index (χ1n) is 6.93. The van der Waals surface area contributed by atoms with Gasteiger partial charge in [0.25, 0.3) is 0 Å². The first-order valence-corrected chi connectivity index (χ1v) is 7.73. The summed E-state index contributed by atoms with van der Waals surface area (Å²) < 4.78 is 7.44. The van der Waals surface area contributed by atoms with E-state index in [9.17, 15) is 0 Å². The maximum atomic E-state index is 6.39. The summed E-state index contributed by atoms with van der Waals surface area (Å²) in [6.45, 7) is 3.35. The van der Waals surface area contributed by atoms with Gasteiger partial charge in [0, 0.05) is 41.5 Å². The number of fused-ring (bicyclic) bond motifs is 1. The quantitative estimate of drug-likeness (QED) is 0.797. The van der Waals surface area contributed by atoms with Crippen molar-refractivity contribution in [1.82, 2.24) is 4.90 Å². The first-order chi connectivity index (χ1) is 8.99. The van der Waals surface area contributed by atoms with E-state index in [4.69, 9.17) is 10.5 Å². The van der Waals surface area contributed by atoms with E-state index in [0.29, 0.717) is 6.04 Å². The van der Waals surface area contributed by atoms with Gasteiger partial charge in [-0.3, -0.25) is 0 Å². The molecule has 1 fully saturated rings. The molecule has 0 saturated carbocycles. The summed E-state index contributed by atoms with van der Waals surface area (Å²) in [5.41, 5.74) is 7.45. The van der Waals surface area contributed by atoms with Crippen LogP contribution in [0.2, 0.25) is 0 Å². The zero-order valence-corrected chi connectivity index (χ0v) is 13.1. The molecule has 2 aliphatic heterocycles. The SMILES string of the molecule is CC1CC2(CCN1C)CC(N)c1cc(Br)ccc1O2. The Labute approximate surface area is 123 Å². The summed E-state index contributed by atoms with van der Waals surface area (Å²) >= 11 is 3.51. The lowest BCUT2D eigenvalue weighted by molar-refractivity contribution is -0.0357. The Morgan fingerprint density at radius 1 is 1.42 bits per heavy atom. The molecule has 0 aliphatic carbocycles. The van der Waals surface area contributed by atoms with Crippen LogP contribution in [0.5, 0.6) is 5.75 Å². The first kappa shape index (κ1) is 13.4. The smallest absolute Gasteiger partial charge is 0.124 e. The van der Waals surface area contributed by atoms with Gasteiger partial charge >= 0.3 is 0 Å². The van der Waals surface area contributed by atoms with Crippen molar-refractivity contribution in [2.75, 3.05) is 13.6 Å². The number of benzene rings is 1. The molecule has 0 radical (unpaired) electrons. The van der Waals surface area contributed by atoms with Crippen LogP contribution in [0.25, 0.3) is 0 Å². The van der Waals surface area contributed by atoms with E-state index in [1.807, 2.05) is 12.1 Å². The Kier molecular flexibility index (Phi) is 3.36. The second kappa shape index (κ2) is 4.76.